The van der Waals surface area contributed by atoms with E-state index in [-0.39, 0.29) is 12.2 Å². The van der Waals surface area contributed by atoms with Crippen molar-refractivity contribution in [3.05, 3.63) is 59.1 Å². The van der Waals surface area contributed by atoms with Crippen molar-refractivity contribution in [3.63, 3.8) is 0 Å². The number of halogens is 4. The fourth-order valence-corrected chi connectivity index (χ4v) is 2.59. The van der Waals surface area contributed by atoms with Crippen LogP contribution in [0.4, 0.5) is 5.69 Å². The van der Waals surface area contributed by atoms with Crippen LogP contribution < -0.4 is 15.4 Å². The van der Waals surface area contributed by atoms with Crippen molar-refractivity contribution in [2.75, 3.05) is 19.0 Å². The standard InChI is InChI=1S/C18H16Cl4N2O4/c1-27-16(26)13-4-2-3-5-14(13)23-17(18(20,21)22)24-15(25)10-28-12-8-6-11(19)7-9-12/h2-9,17,23H,10H2,1H3,(H,24,25)/t17-/m1/s1. The van der Waals surface area contributed by atoms with E-state index in [4.69, 9.17) is 55.9 Å². The molecule has 28 heavy (non-hydrogen) atoms. The Labute approximate surface area is 182 Å². The molecule has 0 aliphatic carbocycles. The van der Waals surface area contributed by atoms with Gasteiger partial charge >= 0.3 is 5.97 Å². The minimum Gasteiger partial charge on any atom is -0.484 e. The predicted octanol–water partition coefficient (Wildman–Crippen LogP) is 4.43. The minimum absolute atomic E-state index is 0.218. The molecular formula is C18H16Cl4N2O4. The van der Waals surface area contributed by atoms with Crippen LogP contribution >= 0.6 is 46.4 Å². The molecule has 150 valence electrons. The predicted molar refractivity (Wildman–Crippen MR) is 111 cm³/mol. The summed E-state index contributed by atoms with van der Waals surface area (Å²) >= 11 is 23.7. The molecular weight excluding hydrogens is 450 g/mol. The topological polar surface area (TPSA) is 76.7 Å². The summed E-state index contributed by atoms with van der Waals surface area (Å²) in [5, 5.41) is 5.90. The Morgan fingerprint density at radius 2 is 1.71 bits per heavy atom. The van der Waals surface area contributed by atoms with Gasteiger partial charge in [-0.05, 0) is 36.4 Å². The molecule has 1 atom stereocenters. The van der Waals surface area contributed by atoms with Gasteiger partial charge in [-0.3, -0.25) is 4.79 Å². The number of carbonyl (C=O) groups is 2. The first kappa shape index (κ1) is 22.4. The molecule has 0 spiro atoms. The molecule has 10 heteroatoms. The summed E-state index contributed by atoms with van der Waals surface area (Å²) < 4.78 is 8.17. The summed E-state index contributed by atoms with van der Waals surface area (Å²) in [6, 6.07) is 12.9. The molecule has 0 bridgehead atoms. The van der Waals surface area contributed by atoms with Gasteiger partial charge in [0.1, 0.15) is 11.9 Å². The van der Waals surface area contributed by atoms with Crippen molar-refractivity contribution >= 4 is 64.0 Å². The fourth-order valence-electron chi connectivity index (χ4n) is 2.13. The van der Waals surface area contributed by atoms with Gasteiger partial charge in [0.05, 0.1) is 18.4 Å². The summed E-state index contributed by atoms with van der Waals surface area (Å²) in [5.74, 6) is -0.674. The zero-order valence-corrected chi connectivity index (χ0v) is 17.6. The van der Waals surface area contributed by atoms with E-state index in [2.05, 4.69) is 10.6 Å². The van der Waals surface area contributed by atoms with Crippen LogP contribution in [0, 0.1) is 0 Å². The first-order valence-electron chi connectivity index (χ1n) is 7.89. The van der Waals surface area contributed by atoms with E-state index in [1.807, 2.05) is 0 Å². The van der Waals surface area contributed by atoms with Crippen LogP contribution in [-0.4, -0.2) is 35.6 Å². The number of ether oxygens (including phenoxy) is 2. The van der Waals surface area contributed by atoms with E-state index in [1.54, 1.807) is 42.5 Å². The first-order chi connectivity index (χ1) is 13.2. The zero-order valence-electron chi connectivity index (χ0n) is 14.5. The normalized spacial score (nSPS) is 12.0. The van der Waals surface area contributed by atoms with Crippen LogP contribution in [0.1, 0.15) is 10.4 Å². The Morgan fingerprint density at radius 3 is 2.32 bits per heavy atom. The molecule has 0 saturated heterocycles. The van der Waals surface area contributed by atoms with Crippen LogP contribution in [0.25, 0.3) is 0 Å². The molecule has 0 aromatic heterocycles. The quantitative estimate of drug-likeness (QED) is 0.359. The first-order valence-corrected chi connectivity index (χ1v) is 9.40. The summed E-state index contributed by atoms with van der Waals surface area (Å²) in [7, 11) is 1.25. The van der Waals surface area contributed by atoms with E-state index in [1.165, 1.54) is 13.2 Å². The summed E-state index contributed by atoms with van der Waals surface area (Å²) in [6.07, 6.45) is -1.15. The Kier molecular flexibility index (Phi) is 8.07. The van der Waals surface area contributed by atoms with Crippen LogP contribution in [0.2, 0.25) is 5.02 Å². The molecule has 0 radical (unpaired) electrons. The van der Waals surface area contributed by atoms with E-state index in [9.17, 15) is 9.59 Å². The second kappa shape index (κ2) is 10.1. The SMILES string of the molecule is COC(=O)c1ccccc1N[C@H](NC(=O)COc1ccc(Cl)cc1)C(Cl)(Cl)Cl. The number of esters is 1. The highest BCUT2D eigenvalue weighted by Crippen LogP contribution is 2.32. The van der Waals surface area contributed by atoms with Gasteiger partial charge in [-0.15, -0.1) is 0 Å². The van der Waals surface area contributed by atoms with Gasteiger partial charge in [0.15, 0.2) is 6.61 Å². The van der Waals surface area contributed by atoms with Gasteiger partial charge in [-0.2, -0.15) is 0 Å². The number of para-hydroxylation sites is 1. The number of nitrogens with one attached hydrogen (secondary N) is 2. The Bertz CT molecular complexity index is 825. The lowest BCUT2D eigenvalue weighted by molar-refractivity contribution is -0.123. The number of carbonyl (C=O) groups excluding carboxylic acids is 2. The minimum atomic E-state index is -1.92. The molecule has 6 nitrogen and oxygen atoms in total. The molecule has 0 aliphatic rings. The van der Waals surface area contributed by atoms with E-state index < -0.39 is 21.8 Å². The van der Waals surface area contributed by atoms with E-state index in [0.29, 0.717) is 16.5 Å². The molecule has 2 aromatic rings. The molecule has 0 heterocycles. The number of methoxy groups -OCH3 is 1. The monoisotopic (exact) mass is 464 g/mol. The maximum Gasteiger partial charge on any atom is 0.339 e. The molecule has 0 unspecified atom stereocenters. The van der Waals surface area contributed by atoms with Crippen molar-refractivity contribution < 1.29 is 19.1 Å². The van der Waals surface area contributed by atoms with Crippen molar-refractivity contribution in [2.45, 2.75) is 9.96 Å². The third-order valence-electron chi connectivity index (χ3n) is 3.45. The molecule has 2 aromatic carbocycles. The second-order valence-electron chi connectivity index (χ2n) is 5.47. The third kappa shape index (κ3) is 6.63. The summed E-state index contributed by atoms with van der Waals surface area (Å²) in [6.45, 7) is -0.320. The van der Waals surface area contributed by atoms with Gasteiger partial charge in [-0.25, -0.2) is 4.79 Å². The highest BCUT2D eigenvalue weighted by atomic mass is 35.6. The maximum absolute atomic E-state index is 12.2. The van der Waals surface area contributed by atoms with Crippen molar-refractivity contribution in [3.8, 4) is 5.75 Å². The lowest BCUT2D eigenvalue weighted by Gasteiger charge is -2.28. The Morgan fingerprint density at radius 1 is 1.07 bits per heavy atom. The van der Waals surface area contributed by atoms with Gasteiger partial charge in [-0.1, -0.05) is 58.5 Å². The van der Waals surface area contributed by atoms with Crippen LogP contribution in [0.15, 0.2) is 48.5 Å². The lowest BCUT2D eigenvalue weighted by Crippen LogP contribution is -2.50. The molecule has 2 rings (SSSR count). The van der Waals surface area contributed by atoms with Crippen molar-refractivity contribution in [2.24, 2.45) is 0 Å². The van der Waals surface area contributed by atoms with Gasteiger partial charge in [0.25, 0.3) is 5.91 Å². The molecule has 1 amide bonds. The number of hydrogen-bond donors (Lipinski definition) is 2. The zero-order chi connectivity index (χ0) is 20.7. The van der Waals surface area contributed by atoms with E-state index >= 15 is 0 Å². The van der Waals surface area contributed by atoms with Gasteiger partial charge < -0.3 is 20.1 Å². The Hall–Kier alpha value is -1.86. The van der Waals surface area contributed by atoms with Crippen molar-refractivity contribution in [1.82, 2.24) is 5.32 Å². The third-order valence-corrected chi connectivity index (χ3v) is 4.36. The number of amides is 1. The lowest BCUT2D eigenvalue weighted by atomic mass is 10.1. The number of hydrogen-bond acceptors (Lipinski definition) is 5. The summed E-state index contributed by atoms with van der Waals surface area (Å²) in [5.41, 5.74) is 0.542. The van der Waals surface area contributed by atoms with E-state index in [0.717, 1.165) is 0 Å². The fraction of sp³-hybridized carbons (Fsp3) is 0.222. The van der Waals surface area contributed by atoms with Gasteiger partial charge in [0, 0.05) is 5.02 Å². The Balaban J connectivity index is 2.07. The molecule has 0 saturated carbocycles. The average molecular weight is 466 g/mol. The second-order valence-corrected chi connectivity index (χ2v) is 8.27. The number of benzene rings is 2. The smallest absolute Gasteiger partial charge is 0.339 e. The van der Waals surface area contributed by atoms with Crippen LogP contribution in [0.5, 0.6) is 5.75 Å². The highest BCUT2D eigenvalue weighted by Gasteiger charge is 2.35. The highest BCUT2D eigenvalue weighted by molar-refractivity contribution is 6.68. The number of alkyl halides is 3. The molecule has 0 fully saturated rings. The molecule has 0 aliphatic heterocycles. The molecule has 2 N–H and O–H groups in total. The van der Waals surface area contributed by atoms with Crippen LogP contribution in [-0.2, 0) is 9.53 Å². The van der Waals surface area contributed by atoms with Gasteiger partial charge in [0.2, 0.25) is 3.79 Å². The number of rotatable bonds is 7. The largest absolute Gasteiger partial charge is 0.484 e. The average Bonchev–Trinajstić information content (AvgIpc) is 2.66. The van der Waals surface area contributed by atoms with Crippen molar-refractivity contribution in [1.29, 1.82) is 0 Å². The maximum atomic E-state index is 12.2. The number of anilines is 1. The van der Waals surface area contributed by atoms with Crippen LogP contribution in [0.3, 0.4) is 0 Å². The summed E-state index contributed by atoms with van der Waals surface area (Å²) in [4.78, 5) is 24.1.